The summed E-state index contributed by atoms with van der Waals surface area (Å²) in [6.07, 6.45) is 0.876. The second-order valence-electron chi connectivity index (χ2n) is 3.78. The molecule has 90 valence electrons. The lowest BCUT2D eigenvalue weighted by Crippen LogP contribution is -1.96. The van der Waals surface area contributed by atoms with Crippen molar-refractivity contribution in [2.75, 3.05) is 0 Å². The third-order valence-corrected chi connectivity index (χ3v) is 3.75. The van der Waals surface area contributed by atoms with Crippen molar-refractivity contribution >= 4 is 11.8 Å². The molecule has 1 aromatic carbocycles. The van der Waals surface area contributed by atoms with Crippen LogP contribution in [0.3, 0.4) is 0 Å². The monoisotopic (exact) mass is 252 g/mol. The van der Waals surface area contributed by atoms with Gasteiger partial charge in [-0.25, -0.2) is 4.39 Å². The minimum Gasteiger partial charge on any atom is -0.468 e. The maximum Gasteiger partial charge on any atom is 0.137 e. The van der Waals surface area contributed by atoms with Gasteiger partial charge in [-0.05, 0) is 31.5 Å². The molecule has 0 saturated carbocycles. The van der Waals surface area contributed by atoms with E-state index in [2.05, 4.69) is 0 Å². The van der Waals surface area contributed by atoms with Gasteiger partial charge >= 0.3 is 0 Å². The lowest BCUT2D eigenvalue weighted by molar-refractivity contribution is 0.195. The number of rotatable bonds is 3. The van der Waals surface area contributed by atoms with E-state index in [9.17, 15) is 9.50 Å². The van der Waals surface area contributed by atoms with Gasteiger partial charge in [0.25, 0.3) is 0 Å². The molecular weight excluding hydrogens is 239 g/mol. The maximum atomic E-state index is 13.8. The minimum atomic E-state index is -0.694. The van der Waals surface area contributed by atoms with Crippen LogP contribution < -0.4 is 0 Å². The van der Waals surface area contributed by atoms with Crippen molar-refractivity contribution in [2.45, 2.75) is 29.7 Å². The highest BCUT2D eigenvalue weighted by Gasteiger charge is 2.15. The van der Waals surface area contributed by atoms with E-state index < -0.39 is 6.10 Å². The van der Waals surface area contributed by atoms with E-state index in [1.54, 1.807) is 31.4 Å². The number of halogens is 1. The van der Waals surface area contributed by atoms with Crippen LogP contribution in [0.1, 0.15) is 24.4 Å². The van der Waals surface area contributed by atoms with E-state index >= 15 is 0 Å². The molecule has 0 aliphatic carbocycles. The van der Waals surface area contributed by atoms with Gasteiger partial charge in [-0.2, -0.15) is 0 Å². The zero-order valence-corrected chi connectivity index (χ0v) is 10.4. The fraction of sp³-hybridized carbons (Fsp3) is 0.231. The van der Waals surface area contributed by atoms with Crippen molar-refractivity contribution in [3.05, 3.63) is 47.7 Å². The number of aryl methyl sites for hydroxylation is 1. The topological polar surface area (TPSA) is 33.4 Å². The van der Waals surface area contributed by atoms with Crippen LogP contribution in [0.15, 0.2) is 44.7 Å². The van der Waals surface area contributed by atoms with Crippen LogP contribution in [0.2, 0.25) is 0 Å². The summed E-state index contributed by atoms with van der Waals surface area (Å²) < 4.78 is 18.9. The molecule has 1 aromatic heterocycles. The van der Waals surface area contributed by atoms with Gasteiger partial charge in [0.1, 0.15) is 11.6 Å². The van der Waals surface area contributed by atoms with Gasteiger partial charge in [-0.3, -0.25) is 0 Å². The summed E-state index contributed by atoms with van der Waals surface area (Å²) in [5.74, 6) is 0.420. The Bertz CT molecular complexity index is 520. The summed E-state index contributed by atoms with van der Waals surface area (Å²) in [6, 6.07) is 6.51. The van der Waals surface area contributed by atoms with Crippen LogP contribution in [-0.4, -0.2) is 5.11 Å². The van der Waals surface area contributed by atoms with Crippen LogP contribution >= 0.6 is 11.8 Å². The number of hydrogen-bond donors (Lipinski definition) is 1. The Morgan fingerprint density at radius 2 is 2.12 bits per heavy atom. The van der Waals surface area contributed by atoms with Crippen molar-refractivity contribution in [2.24, 2.45) is 0 Å². The zero-order chi connectivity index (χ0) is 12.4. The summed E-state index contributed by atoms with van der Waals surface area (Å²) in [5.41, 5.74) is 0.593. The molecule has 0 bridgehead atoms. The first-order valence-corrected chi connectivity index (χ1v) is 6.09. The molecule has 2 rings (SSSR count). The molecule has 2 aromatic rings. The van der Waals surface area contributed by atoms with E-state index in [4.69, 9.17) is 4.42 Å². The quantitative estimate of drug-likeness (QED) is 0.898. The summed E-state index contributed by atoms with van der Waals surface area (Å²) in [6.45, 7) is 3.45. The molecule has 17 heavy (non-hydrogen) atoms. The van der Waals surface area contributed by atoms with Crippen molar-refractivity contribution in [1.29, 1.82) is 0 Å². The number of benzene rings is 1. The number of aliphatic hydroxyl groups is 1. The molecule has 0 amide bonds. The standard InChI is InChI=1S/C13H13FO2S/c1-8(15)10-4-3-5-11(14)13(10)17-12-6-7-16-9(12)2/h3-8,15H,1-2H3/t8-/m0/s1. The summed E-state index contributed by atoms with van der Waals surface area (Å²) in [5, 5.41) is 9.62. The van der Waals surface area contributed by atoms with Gasteiger partial charge in [-0.15, -0.1) is 0 Å². The molecule has 1 N–H and O–H groups in total. The minimum absolute atomic E-state index is 0.325. The van der Waals surface area contributed by atoms with Gasteiger partial charge in [0.15, 0.2) is 0 Å². The van der Waals surface area contributed by atoms with E-state index in [-0.39, 0.29) is 5.82 Å². The Balaban J connectivity index is 2.41. The Kier molecular flexibility index (Phi) is 3.54. The molecule has 0 saturated heterocycles. The van der Waals surface area contributed by atoms with Gasteiger partial charge in [0.05, 0.1) is 22.2 Å². The van der Waals surface area contributed by atoms with Gasteiger partial charge in [-0.1, -0.05) is 23.9 Å². The molecule has 2 nitrogen and oxygen atoms in total. The Morgan fingerprint density at radius 1 is 1.35 bits per heavy atom. The molecule has 0 aliphatic rings. The van der Waals surface area contributed by atoms with Crippen LogP contribution in [0, 0.1) is 12.7 Å². The molecule has 0 fully saturated rings. The van der Waals surface area contributed by atoms with Crippen LogP contribution in [0.5, 0.6) is 0 Å². The molecule has 1 atom stereocenters. The van der Waals surface area contributed by atoms with Gasteiger partial charge < -0.3 is 9.52 Å². The average Bonchev–Trinajstić information content (AvgIpc) is 2.67. The molecule has 0 radical (unpaired) electrons. The van der Waals surface area contributed by atoms with E-state index in [1.807, 2.05) is 6.92 Å². The third-order valence-electron chi connectivity index (χ3n) is 2.47. The fourth-order valence-electron chi connectivity index (χ4n) is 1.55. The molecule has 0 unspecified atom stereocenters. The normalized spacial score (nSPS) is 12.7. The smallest absolute Gasteiger partial charge is 0.137 e. The first-order valence-electron chi connectivity index (χ1n) is 5.28. The van der Waals surface area contributed by atoms with E-state index in [0.717, 1.165) is 10.7 Å². The number of furan rings is 1. The molecule has 0 spiro atoms. The number of aliphatic hydroxyl groups excluding tert-OH is 1. The average molecular weight is 252 g/mol. The van der Waals surface area contributed by atoms with Crippen molar-refractivity contribution in [1.82, 2.24) is 0 Å². The largest absolute Gasteiger partial charge is 0.468 e. The van der Waals surface area contributed by atoms with Crippen molar-refractivity contribution in [3.8, 4) is 0 Å². The molecule has 0 aliphatic heterocycles. The molecule has 4 heteroatoms. The van der Waals surface area contributed by atoms with E-state index in [0.29, 0.717) is 10.5 Å². The number of hydrogen-bond acceptors (Lipinski definition) is 3. The molecular formula is C13H13FO2S. The highest BCUT2D eigenvalue weighted by molar-refractivity contribution is 7.99. The first-order chi connectivity index (χ1) is 8.09. The fourth-order valence-corrected chi connectivity index (χ4v) is 2.61. The van der Waals surface area contributed by atoms with Crippen molar-refractivity contribution < 1.29 is 13.9 Å². The maximum absolute atomic E-state index is 13.8. The molecule has 1 heterocycles. The third kappa shape index (κ3) is 2.53. The van der Waals surface area contributed by atoms with Crippen LogP contribution in [0.25, 0.3) is 0 Å². The second kappa shape index (κ2) is 4.94. The highest BCUT2D eigenvalue weighted by Crippen LogP contribution is 2.37. The zero-order valence-electron chi connectivity index (χ0n) is 9.61. The second-order valence-corrected chi connectivity index (χ2v) is 4.83. The van der Waals surface area contributed by atoms with Crippen LogP contribution in [-0.2, 0) is 0 Å². The summed E-state index contributed by atoms with van der Waals surface area (Å²) in [4.78, 5) is 1.31. The Morgan fingerprint density at radius 3 is 2.71 bits per heavy atom. The SMILES string of the molecule is Cc1occc1Sc1c(F)cccc1[C@H](C)O. The van der Waals surface area contributed by atoms with E-state index in [1.165, 1.54) is 17.8 Å². The van der Waals surface area contributed by atoms with Crippen LogP contribution in [0.4, 0.5) is 4.39 Å². The predicted octanol–water partition coefficient (Wildman–Crippen LogP) is 3.93. The Labute approximate surface area is 103 Å². The van der Waals surface area contributed by atoms with Gasteiger partial charge in [0, 0.05) is 0 Å². The Hall–Kier alpha value is -1.26. The lowest BCUT2D eigenvalue weighted by atomic mass is 10.1. The predicted molar refractivity (Wildman–Crippen MR) is 64.6 cm³/mol. The summed E-state index contributed by atoms with van der Waals surface area (Å²) in [7, 11) is 0. The van der Waals surface area contributed by atoms with Gasteiger partial charge in [0.2, 0.25) is 0 Å². The first kappa shape index (κ1) is 12.2. The highest BCUT2D eigenvalue weighted by atomic mass is 32.2. The summed E-state index contributed by atoms with van der Waals surface area (Å²) >= 11 is 1.27. The lowest BCUT2D eigenvalue weighted by Gasteiger charge is -2.11. The van der Waals surface area contributed by atoms with Crippen molar-refractivity contribution in [3.63, 3.8) is 0 Å².